The fourth-order valence-electron chi connectivity index (χ4n) is 3.64. The highest BCUT2D eigenvalue weighted by Gasteiger charge is 2.40. The summed E-state index contributed by atoms with van der Waals surface area (Å²) in [5.41, 5.74) is 6.45. The molecule has 1 saturated heterocycles. The van der Waals surface area contributed by atoms with Crippen molar-refractivity contribution < 1.29 is 0 Å². The summed E-state index contributed by atoms with van der Waals surface area (Å²) in [7, 11) is 0. The Balaban J connectivity index is 1.99. The number of nitrogens with zero attached hydrogens (tertiary/aromatic N) is 1. The van der Waals surface area contributed by atoms with Crippen LogP contribution in [0.2, 0.25) is 0 Å². The zero-order valence-electron chi connectivity index (χ0n) is 12.8. The van der Waals surface area contributed by atoms with Crippen molar-refractivity contribution in [1.29, 1.82) is 0 Å². The van der Waals surface area contributed by atoms with Gasteiger partial charge in [0.05, 0.1) is 0 Å². The van der Waals surface area contributed by atoms with Gasteiger partial charge in [0, 0.05) is 18.1 Å². The van der Waals surface area contributed by atoms with Crippen LogP contribution in [0.15, 0.2) is 0 Å². The van der Waals surface area contributed by atoms with Gasteiger partial charge in [-0.05, 0) is 57.4 Å². The van der Waals surface area contributed by atoms with Gasteiger partial charge in [0.15, 0.2) is 0 Å². The molecule has 1 unspecified atom stereocenters. The second-order valence-corrected chi connectivity index (χ2v) is 7.83. The van der Waals surface area contributed by atoms with E-state index in [9.17, 15) is 0 Å². The Morgan fingerprint density at radius 2 is 1.61 bits per heavy atom. The van der Waals surface area contributed by atoms with E-state index in [1.54, 1.807) is 0 Å². The molecule has 2 aliphatic rings. The van der Waals surface area contributed by atoms with Crippen molar-refractivity contribution in [2.45, 2.75) is 77.8 Å². The normalized spacial score (nSPS) is 28.2. The van der Waals surface area contributed by atoms with Crippen LogP contribution in [-0.2, 0) is 0 Å². The predicted molar refractivity (Wildman–Crippen MR) is 78.6 cm³/mol. The summed E-state index contributed by atoms with van der Waals surface area (Å²) < 4.78 is 0. The van der Waals surface area contributed by atoms with Gasteiger partial charge in [0.1, 0.15) is 0 Å². The zero-order valence-corrected chi connectivity index (χ0v) is 12.8. The molecule has 2 fully saturated rings. The molecule has 1 saturated carbocycles. The average molecular weight is 252 g/mol. The van der Waals surface area contributed by atoms with Gasteiger partial charge in [-0.25, -0.2) is 0 Å². The highest BCUT2D eigenvalue weighted by molar-refractivity contribution is 4.96. The number of nitrogens with two attached hydrogens (primary N) is 1. The lowest BCUT2D eigenvalue weighted by atomic mass is 9.74. The van der Waals surface area contributed by atoms with Gasteiger partial charge in [-0.15, -0.1) is 0 Å². The molecule has 18 heavy (non-hydrogen) atoms. The Labute approximate surface area is 113 Å². The highest BCUT2D eigenvalue weighted by atomic mass is 15.2. The Hall–Kier alpha value is -0.0800. The van der Waals surface area contributed by atoms with Crippen molar-refractivity contribution in [2.75, 3.05) is 13.1 Å². The van der Waals surface area contributed by atoms with Crippen molar-refractivity contribution in [2.24, 2.45) is 17.1 Å². The lowest BCUT2D eigenvalue weighted by molar-refractivity contribution is 0.0859. The van der Waals surface area contributed by atoms with Crippen LogP contribution in [0.25, 0.3) is 0 Å². The molecule has 1 atom stereocenters. The minimum atomic E-state index is -0.101. The number of likely N-dealkylation sites (tertiary alicyclic amines) is 1. The summed E-state index contributed by atoms with van der Waals surface area (Å²) >= 11 is 0. The molecule has 0 aromatic heterocycles. The van der Waals surface area contributed by atoms with Crippen LogP contribution in [0.1, 0.15) is 66.2 Å². The van der Waals surface area contributed by atoms with E-state index < -0.39 is 0 Å². The Bertz CT molecular complexity index is 271. The molecular formula is C16H32N2. The molecule has 1 heterocycles. The first-order chi connectivity index (χ1) is 8.31. The van der Waals surface area contributed by atoms with Crippen LogP contribution in [-0.4, -0.2) is 29.6 Å². The maximum absolute atomic E-state index is 6.36. The van der Waals surface area contributed by atoms with E-state index in [2.05, 4.69) is 32.6 Å². The predicted octanol–water partition coefficient (Wildman–Crippen LogP) is 3.40. The first-order valence-electron chi connectivity index (χ1n) is 7.84. The average Bonchev–Trinajstić information content (AvgIpc) is 2.83. The van der Waals surface area contributed by atoms with Gasteiger partial charge in [-0.1, -0.05) is 26.7 Å². The molecule has 0 amide bonds. The van der Waals surface area contributed by atoms with Gasteiger partial charge < -0.3 is 5.73 Å². The standard InChI is InChI=1S/C16H32N2/c1-15(2,16(3,4)17)12-18-11-7-10-14(18)13-8-5-6-9-13/h13-14H,5-12,17H2,1-4H3. The Morgan fingerprint density at radius 1 is 1.00 bits per heavy atom. The van der Waals surface area contributed by atoms with Crippen LogP contribution in [0.5, 0.6) is 0 Å². The first-order valence-corrected chi connectivity index (χ1v) is 7.84. The summed E-state index contributed by atoms with van der Waals surface area (Å²) in [5.74, 6) is 0.976. The molecule has 0 radical (unpaired) electrons. The minimum Gasteiger partial charge on any atom is -0.325 e. The molecule has 0 aromatic carbocycles. The summed E-state index contributed by atoms with van der Waals surface area (Å²) in [5, 5.41) is 0. The molecule has 2 nitrogen and oxygen atoms in total. The second kappa shape index (κ2) is 5.13. The van der Waals surface area contributed by atoms with E-state index in [1.165, 1.54) is 45.1 Å². The third-order valence-electron chi connectivity index (χ3n) is 5.70. The number of rotatable bonds is 4. The fraction of sp³-hybridized carbons (Fsp3) is 1.00. The first kappa shape index (κ1) is 14.3. The lowest BCUT2D eigenvalue weighted by Gasteiger charge is -2.43. The largest absolute Gasteiger partial charge is 0.325 e. The SMILES string of the molecule is CC(C)(N)C(C)(C)CN1CCCC1C1CCCC1. The van der Waals surface area contributed by atoms with Crippen molar-refractivity contribution in [1.82, 2.24) is 4.90 Å². The maximum atomic E-state index is 6.36. The summed E-state index contributed by atoms with van der Waals surface area (Å²) in [6.45, 7) is 11.5. The molecule has 106 valence electrons. The molecule has 1 aliphatic carbocycles. The third kappa shape index (κ3) is 2.91. The van der Waals surface area contributed by atoms with Crippen LogP contribution in [0, 0.1) is 11.3 Å². The minimum absolute atomic E-state index is 0.101. The van der Waals surface area contributed by atoms with Crippen LogP contribution in [0.4, 0.5) is 0 Å². The molecule has 0 spiro atoms. The third-order valence-corrected chi connectivity index (χ3v) is 5.70. The Kier molecular flexibility index (Phi) is 4.08. The van der Waals surface area contributed by atoms with E-state index in [1.807, 2.05) is 0 Å². The Morgan fingerprint density at radius 3 is 2.17 bits per heavy atom. The van der Waals surface area contributed by atoms with Gasteiger partial charge in [0.25, 0.3) is 0 Å². The summed E-state index contributed by atoms with van der Waals surface area (Å²) in [4.78, 5) is 2.75. The van der Waals surface area contributed by atoms with E-state index in [4.69, 9.17) is 5.73 Å². The van der Waals surface area contributed by atoms with Gasteiger partial charge in [0.2, 0.25) is 0 Å². The highest BCUT2D eigenvalue weighted by Crippen LogP contribution is 2.38. The summed E-state index contributed by atoms with van der Waals surface area (Å²) in [6, 6.07) is 0.856. The van der Waals surface area contributed by atoms with Crippen molar-refractivity contribution in [3.8, 4) is 0 Å². The smallest absolute Gasteiger partial charge is 0.0161 e. The summed E-state index contributed by atoms with van der Waals surface area (Å²) in [6.07, 6.45) is 8.66. The maximum Gasteiger partial charge on any atom is 0.0161 e. The van der Waals surface area contributed by atoms with Gasteiger partial charge in [-0.2, -0.15) is 0 Å². The number of hydrogen-bond donors (Lipinski definition) is 1. The fourth-order valence-corrected chi connectivity index (χ4v) is 3.64. The molecule has 2 heteroatoms. The van der Waals surface area contributed by atoms with Crippen LogP contribution < -0.4 is 5.73 Å². The zero-order chi connectivity index (χ0) is 13.4. The number of hydrogen-bond acceptors (Lipinski definition) is 2. The van der Waals surface area contributed by atoms with Crippen molar-refractivity contribution >= 4 is 0 Å². The molecule has 1 aliphatic heterocycles. The van der Waals surface area contributed by atoms with E-state index >= 15 is 0 Å². The van der Waals surface area contributed by atoms with E-state index in [0.29, 0.717) is 0 Å². The molecular weight excluding hydrogens is 220 g/mol. The quantitative estimate of drug-likeness (QED) is 0.831. The van der Waals surface area contributed by atoms with Crippen molar-refractivity contribution in [3.05, 3.63) is 0 Å². The van der Waals surface area contributed by atoms with E-state index in [-0.39, 0.29) is 11.0 Å². The second-order valence-electron chi connectivity index (χ2n) is 7.83. The monoisotopic (exact) mass is 252 g/mol. The van der Waals surface area contributed by atoms with Crippen LogP contribution in [0.3, 0.4) is 0 Å². The lowest BCUT2D eigenvalue weighted by Crippen LogP contribution is -2.54. The molecule has 2 N–H and O–H groups in total. The van der Waals surface area contributed by atoms with Gasteiger partial charge in [-0.3, -0.25) is 4.90 Å². The van der Waals surface area contributed by atoms with Crippen molar-refractivity contribution in [3.63, 3.8) is 0 Å². The molecule has 0 bridgehead atoms. The van der Waals surface area contributed by atoms with Crippen LogP contribution >= 0.6 is 0 Å². The molecule has 2 rings (SSSR count). The topological polar surface area (TPSA) is 29.3 Å². The molecule has 0 aromatic rings. The van der Waals surface area contributed by atoms with Gasteiger partial charge >= 0.3 is 0 Å². The van der Waals surface area contributed by atoms with E-state index in [0.717, 1.165) is 18.5 Å².